The summed E-state index contributed by atoms with van der Waals surface area (Å²) in [5.74, 6) is 0.439. The van der Waals surface area contributed by atoms with E-state index in [2.05, 4.69) is 6.92 Å². The van der Waals surface area contributed by atoms with E-state index in [1.165, 1.54) is 6.26 Å². The fraction of sp³-hybridized carbons (Fsp3) is 0.500. The molecule has 0 fully saturated rings. The van der Waals surface area contributed by atoms with Crippen LogP contribution in [0.25, 0.3) is 0 Å². The van der Waals surface area contributed by atoms with Crippen molar-refractivity contribution in [3.63, 3.8) is 0 Å². The second-order valence-electron chi connectivity index (χ2n) is 4.52. The lowest BCUT2D eigenvalue weighted by atomic mass is 10.0. The molecule has 0 bridgehead atoms. The lowest BCUT2D eigenvalue weighted by Gasteiger charge is -2.10. The summed E-state index contributed by atoms with van der Waals surface area (Å²) < 4.78 is 23.0. The van der Waals surface area contributed by atoms with Crippen LogP contribution in [-0.2, 0) is 16.3 Å². The summed E-state index contributed by atoms with van der Waals surface area (Å²) in [5, 5.41) is 0. The van der Waals surface area contributed by atoms with Gasteiger partial charge >= 0.3 is 0 Å². The first-order valence-corrected chi connectivity index (χ1v) is 7.52. The molecular weight excluding hydrogens is 236 g/mol. The fourth-order valence-corrected chi connectivity index (χ4v) is 2.45. The predicted octanol–water partition coefficient (Wildman–Crippen LogP) is 1.20. The Bertz CT molecular complexity index is 483. The van der Waals surface area contributed by atoms with E-state index in [4.69, 9.17) is 11.5 Å². The zero-order chi connectivity index (χ0) is 13.1. The molecule has 0 aliphatic carbocycles. The minimum atomic E-state index is -3.25. The number of anilines is 1. The van der Waals surface area contributed by atoms with Crippen LogP contribution < -0.4 is 11.5 Å². The summed E-state index contributed by atoms with van der Waals surface area (Å²) in [4.78, 5) is 0.218. The van der Waals surface area contributed by atoms with Crippen LogP contribution in [0.3, 0.4) is 0 Å². The number of nitrogens with two attached hydrogens (primary N) is 2. The minimum absolute atomic E-state index is 0.218. The first-order valence-electron chi connectivity index (χ1n) is 5.63. The van der Waals surface area contributed by atoms with Crippen LogP contribution in [0.5, 0.6) is 0 Å². The number of nitrogen functional groups attached to an aromatic ring is 1. The SMILES string of the molecule is CC(CN)CCc1ccc(N)c(S(C)(=O)=O)c1. The van der Waals surface area contributed by atoms with Crippen molar-refractivity contribution in [3.8, 4) is 0 Å². The van der Waals surface area contributed by atoms with E-state index >= 15 is 0 Å². The summed E-state index contributed by atoms with van der Waals surface area (Å²) in [5.41, 5.74) is 12.5. The number of hydrogen-bond donors (Lipinski definition) is 2. The molecular formula is C12H20N2O2S. The van der Waals surface area contributed by atoms with Crippen LogP contribution in [0, 0.1) is 5.92 Å². The standard InChI is InChI=1S/C12H20N2O2S/c1-9(8-13)3-4-10-5-6-11(14)12(7-10)17(2,15)16/h5-7,9H,3-4,8,13-14H2,1-2H3. The maximum Gasteiger partial charge on any atom is 0.177 e. The van der Waals surface area contributed by atoms with Crippen LogP contribution >= 0.6 is 0 Å². The van der Waals surface area contributed by atoms with Crippen LogP contribution in [0.1, 0.15) is 18.9 Å². The Labute approximate surface area is 103 Å². The maximum atomic E-state index is 11.5. The molecule has 1 rings (SSSR count). The van der Waals surface area contributed by atoms with Crippen LogP contribution in [-0.4, -0.2) is 21.2 Å². The van der Waals surface area contributed by atoms with E-state index in [-0.39, 0.29) is 4.90 Å². The summed E-state index contributed by atoms with van der Waals surface area (Å²) in [7, 11) is -3.25. The number of hydrogen-bond acceptors (Lipinski definition) is 4. The molecule has 1 unspecified atom stereocenters. The van der Waals surface area contributed by atoms with Gasteiger partial charge in [-0.2, -0.15) is 0 Å². The molecule has 0 radical (unpaired) electrons. The normalized spacial score (nSPS) is 13.6. The van der Waals surface area contributed by atoms with Crippen LogP contribution in [0.4, 0.5) is 5.69 Å². The monoisotopic (exact) mass is 256 g/mol. The molecule has 0 heterocycles. The van der Waals surface area contributed by atoms with E-state index in [9.17, 15) is 8.42 Å². The Kier molecular flexibility index (Phi) is 4.54. The molecule has 4 N–H and O–H groups in total. The Morgan fingerprint density at radius 2 is 2.00 bits per heavy atom. The van der Waals surface area contributed by atoms with Gasteiger partial charge in [-0.1, -0.05) is 13.0 Å². The Morgan fingerprint density at radius 1 is 1.35 bits per heavy atom. The lowest BCUT2D eigenvalue weighted by molar-refractivity contribution is 0.544. The molecule has 0 aliphatic rings. The molecule has 0 saturated carbocycles. The Hall–Kier alpha value is -1.07. The highest BCUT2D eigenvalue weighted by Crippen LogP contribution is 2.21. The molecule has 0 spiro atoms. The Balaban J connectivity index is 2.90. The number of sulfone groups is 1. The smallest absolute Gasteiger partial charge is 0.177 e. The van der Waals surface area contributed by atoms with Crippen LogP contribution in [0.15, 0.2) is 23.1 Å². The van der Waals surface area contributed by atoms with Gasteiger partial charge in [0.15, 0.2) is 9.84 Å². The van der Waals surface area contributed by atoms with Crippen molar-refractivity contribution in [1.82, 2.24) is 0 Å². The zero-order valence-electron chi connectivity index (χ0n) is 10.3. The van der Waals surface area contributed by atoms with E-state index in [1.807, 2.05) is 6.07 Å². The van der Waals surface area contributed by atoms with Gasteiger partial charge in [0.05, 0.1) is 10.6 Å². The predicted molar refractivity (Wildman–Crippen MR) is 70.5 cm³/mol. The second-order valence-corrected chi connectivity index (χ2v) is 6.51. The van der Waals surface area contributed by atoms with Gasteiger partial charge in [-0.05, 0) is 43.0 Å². The third kappa shape index (κ3) is 4.02. The zero-order valence-corrected chi connectivity index (χ0v) is 11.1. The van der Waals surface area contributed by atoms with E-state index in [0.29, 0.717) is 18.2 Å². The van der Waals surface area contributed by atoms with Gasteiger partial charge in [0.2, 0.25) is 0 Å². The molecule has 0 saturated heterocycles. The van der Waals surface area contributed by atoms with Crippen molar-refractivity contribution < 1.29 is 8.42 Å². The third-order valence-electron chi connectivity index (χ3n) is 2.81. The quantitative estimate of drug-likeness (QED) is 0.775. The van der Waals surface area contributed by atoms with Crippen molar-refractivity contribution in [1.29, 1.82) is 0 Å². The highest BCUT2D eigenvalue weighted by molar-refractivity contribution is 7.90. The largest absolute Gasteiger partial charge is 0.398 e. The van der Waals surface area contributed by atoms with Gasteiger partial charge in [-0.3, -0.25) is 0 Å². The number of aryl methyl sites for hydroxylation is 1. The molecule has 1 atom stereocenters. The molecule has 1 aromatic carbocycles. The average molecular weight is 256 g/mol. The van der Waals surface area contributed by atoms with E-state index < -0.39 is 9.84 Å². The van der Waals surface area contributed by atoms with E-state index in [0.717, 1.165) is 18.4 Å². The second kappa shape index (κ2) is 5.51. The molecule has 17 heavy (non-hydrogen) atoms. The summed E-state index contributed by atoms with van der Waals surface area (Å²) in [6.45, 7) is 2.72. The van der Waals surface area contributed by atoms with Gasteiger partial charge in [0.25, 0.3) is 0 Å². The van der Waals surface area contributed by atoms with Gasteiger partial charge in [-0.25, -0.2) is 8.42 Å². The molecule has 0 amide bonds. The van der Waals surface area contributed by atoms with Crippen molar-refractivity contribution in [2.75, 3.05) is 18.5 Å². The summed E-state index contributed by atoms with van der Waals surface area (Å²) >= 11 is 0. The Morgan fingerprint density at radius 3 is 2.53 bits per heavy atom. The van der Waals surface area contributed by atoms with Gasteiger partial charge in [0.1, 0.15) is 0 Å². The summed E-state index contributed by atoms with van der Waals surface area (Å²) in [6, 6.07) is 5.18. The van der Waals surface area contributed by atoms with Crippen molar-refractivity contribution in [3.05, 3.63) is 23.8 Å². The molecule has 5 heteroatoms. The molecule has 4 nitrogen and oxygen atoms in total. The number of rotatable bonds is 5. The molecule has 0 aliphatic heterocycles. The highest BCUT2D eigenvalue weighted by atomic mass is 32.2. The third-order valence-corrected chi connectivity index (χ3v) is 3.96. The van der Waals surface area contributed by atoms with Crippen molar-refractivity contribution in [2.45, 2.75) is 24.7 Å². The first-order chi connectivity index (χ1) is 7.84. The highest BCUT2D eigenvalue weighted by Gasteiger charge is 2.12. The fourth-order valence-electron chi connectivity index (χ4n) is 1.59. The van der Waals surface area contributed by atoms with Gasteiger partial charge in [-0.15, -0.1) is 0 Å². The van der Waals surface area contributed by atoms with Gasteiger partial charge < -0.3 is 11.5 Å². The van der Waals surface area contributed by atoms with Crippen molar-refractivity contribution in [2.24, 2.45) is 11.7 Å². The minimum Gasteiger partial charge on any atom is -0.398 e. The number of benzene rings is 1. The first kappa shape index (κ1) is 14.0. The van der Waals surface area contributed by atoms with Gasteiger partial charge in [0, 0.05) is 6.26 Å². The molecule has 0 aromatic heterocycles. The molecule has 96 valence electrons. The van der Waals surface area contributed by atoms with Crippen molar-refractivity contribution >= 4 is 15.5 Å². The lowest BCUT2D eigenvalue weighted by Crippen LogP contribution is -2.11. The maximum absolute atomic E-state index is 11.5. The van der Waals surface area contributed by atoms with E-state index in [1.54, 1.807) is 12.1 Å². The van der Waals surface area contributed by atoms with Crippen LogP contribution in [0.2, 0.25) is 0 Å². The molecule has 1 aromatic rings. The average Bonchev–Trinajstić information content (AvgIpc) is 2.26. The topological polar surface area (TPSA) is 86.2 Å². The summed E-state index contributed by atoms with van der Waals surface area (Å²) in [6.07, 6.45) is 2.94.